The molecule has 0 aromatic heterocycles. The standard InChI is InChI=1S/C29H36O12/c1-29(2)36-15-20(41-29)25-24(40-28-23(33)22(32)21(31)18(13-30)37-28)19(14-35-26(34)16-9-5-3-6-10-16)38-27(39-25)17-11-7-4-8-12-17/h3-12,18-25,27-28,30-33H,13-15H2,1-2H3/t18-,19+,20-,21-,22+,23-,24-,25-,27?,28+/m1/s1. The van der Waals surface area contributed by atoms with Crippen LogP contribution in [0, 0.1) is 0 Å². The molecule has 1 unspecified atom stereocenters. The lowest BCUT2D eigenvalue weighted by atomic mass is 9.97. The van der Waals surface area contributed by atoms with Crippen LogP contribution >= 0.6 is 0 Å². The molecule has 4 N–H and O–H groups in total. The SMILES string of the molecule is CC1(C)OC[C@H]([C@H]2OC(c3ccccc3)O[C@@H](COC(=O)c3ccccc3)[C@H]2O[C@@H]2O[C@H](CO)[C@@H](O)[C@H](O)[C@H]2O)O1. The average molecular weight is 577 g/mol. The Morgan fingerprint density at radius 1 is 0.902 bits per heavy atom. The van der Waals surface area contributed by atoms with E-state index >= 15 is 0 Å². The number of hydrogen-bond donors (Lipinski definition) is 4. The maximum absolute atomic E-state index is 12.8. The van der Waals surface area contributed by atoms with E-state index in [0.29, 0.717) is 11.1 Å². The zero-order chi connectivity index (χ0) is 29.1. The van der Waals surface area contributed by atoms with Crippen molar-refractivity contribution in [3.8, 4) is 0 Å². The molecule has 0 radical (unpaired) electrons. The van der Waals surface area contributed by atoms with Crippen molar-refractivity contribution in [2.24, 2.45) is 0 Å². The van der Waals surface area contributed by atoms with E-state index in [0.717, 1.165) is 0 Å². The summed E-state index contributed by atoms with van der Waals surface area (Å²) in [6.45, 7) is 2.76. The Hall–Kier alpha value is -2.49. The highest BCUT2D eigenvalue weighted by molar-refractivity contribution is 5.89. The molecule has 12 nitrogen and oxygen atoms in total. The van der Waals surface area contributed by atoms with Gasteiger partial charge < -0.3 is 53.6 Å². The third kappa shape index (κ3) is 6.78. The summed E-state index contributed by atoms with van der Waals surface area (Å²) < 4.78 is 42.0. The Morgan fingerprint density at radius 3 is 2.22 bits per heavy atom. The Kier molecular flexibility index (Phi) is 9.36. The first-order valence-electron chi connectivity index (χ1n) is 13.5. The summed E-state index contributed by atoms with van der Waals surface area (Å²) >= 11 is 0. The van der Waals surface area contributed by atoms with Crippen molar-refractivity contribution < 1.29 is 58.4 Å². The van der Waals surface area contributed by atoms with Crippen LogP contribution in [0.4, 0.5) is 0 Å². The van der Waals surface area contributed by atoms with Crippen molar-refractivity contribution >= 4 is 5.97 Å². The van der Waals surface area contributed by atoms with Gasteiger partial charge in [0.05, 0.1) is 18.8 Å². The van der Waals surface area contributed by atoms with E-state index in [9.17, 15) is 25.2 Å². The van der Waals surface area contributed by atoms with Crippen LogP contribution in [0.3, 0.4) is 0 Å². The zero-order valence-corrected chi connectivity index (χ0v) is 22.7. The van der Waals surface area contributed by atoms with Gasteiger partial charge >= 0.3 is 5.97 Å². The molecule has 10 atom stereocenters. The molecule has 3 aliphatic heterocycles. The van der Waals surface area contributed by atoms with Crippen LogP contribution < -0.4 is 0 Å². The number of carbonyl (C=O) groups is 1. The maximum Gasteiger partial charge on any atom is 0.338 e. The van der Waals surface area contributed by atoms with Crippen molar-refractivity contribution in [3.63, 3.8) is 0 Å². The van der Waals surface area contributed by atoms with Gasteiger partial charge in [-0.15, -0.1) is 0 Å². The van der Waals surface area contributed by atoms with Gasteiger partial charge in [-0.25, -0.2) is 4.79 Å². The number of rotatable bonds is 8. The number of ether oxygens (including phenoxy) is 7. The minimum absolute atomic E-state index is 0.143. The largest absolute Gasteiger partial charge is 0.459 e. The quantitative estimate of drug-likeness (QED) is 0.325. The number of aliphatic hydroxyl groups is 4. The normalized spacial score (nSPS) is 37.0. The van der Waals surface area contributed by atoms with Crippen molar-refractivity contribution in [2.75, 3.05) is 19.8 Å². The van der Waals surface area contributed by atoms with Crippen LogP contribution in [0.1, 0.15) is 36.1 Å². The molecule has 41 heavy (non-hydrogen) atoms. The molecule has 3 aliphatic rings. The Bertz CT molecular complexity index is 1130. The zero-order valence-electron chi connectivity index (χ0n) is 22.7. The summed E-state index contributed by atoms with van der Waals surface area (Å²) in [6, 6.07) is 17.6. The van der Waals surface area contributed by atoms with E-state index < -0.39 is 79.8 Å². The summed E-state index contributed by atoms with van der Waals surface area (Å²) in [6.07, 6.45) is -12.1. The molecular weight excluding hydrogens is 540 g/mol. The van der Waals surface area contributed by atoms with Gasteiger partial charge in [0, 0.05) is 5.56 Å². The number of aliphatic hydroxyl groups excluding tert-OH is 4. The fourth-order valence-corrected chi connectivity index (χ4v) is 5.09. The maximum atomic E-state index is 12.8. The lowest BCUT2D eigenvalue weighted by Gasteiger charge is -2.47. The number of hydrogen-bond acceptors (Lipinski definition) is 12. The smallest absolute Gasteiger partial charge is 0.338 e. The molecule has 0 aliphatic carbocycles. The number of benzene rings is 2. The third-order valence-electron chi connectivity index (χ3n) is 7.27. The Balaban J connectivity index is 1.45. The molecule has 0 amide bonds. The fraction of sp³-hybridized carbons (Fsp3) is 0.552. The van der Waals surface area contributed by atoms with Crippen molar-refractivity contribution in [2.45, 2.75) is 81.0 Å². The first kappa shape index (κ1) is 30.0. The topological polar surface area (TPSA) is 163 Å². The first-order valence-corrected chi connectivity index (χ1v) is 13.5. The minimum atomic E-state index is -1.68. The second-order valence-corrected chi connectivity index (χ2v) is 10.6. The number of carbonyl (C=O) groups excluding carboxylic acids is 1. The highest BCUT2D eigenvalue weighted by atomic mass is 16.8. The summed E-state index contributed by atoms with van der Waals surface area (Å²) in [5.74, 6) is -1.50. The molecule has 3 saturated heterocycles. The average Bonchev–Trinajstić information content (AvgIpc) is 3.36. The van der Waals surface area contributed by atoms with Gasteiger partial charge in [-0.2, -0.15) is 0 Å². The van der Waals surface area contributed by atoms with Gasteiger partial charge in [0.25, 0.3) is 0 Å². The summed E-state index contributed by atoms with van der Waals surface area (Å²) in [4.78, 5) is 12.8. The van der Waals surface area contributed by atoms with Crippen LogP contribution in [0.15, 0.2) is 60.7 Å². The molecule has 12 heteroatoms. The predicted octanol–water partition coefficient (Wildman–Crippen LogP) is 0.663. The van der Waals surface area contributed by atoms with E-state index in [1.807, 2.05) is 30.3 Å². The molecule has 2 aromatic carbocycles. The fourth-order valence-electron chi connectivity index (χ4n) is 5.09. The molecular formula is C29H36O12. The lowest BCUT2D eigenvalue weighted by molar-refractivity contribution is -0.369. The van der Waals surface area contributed by atoms with Crippen LogP contribution in [0.25, 0.3) is 0 Å². The van der Waals surface area contributed by atoms with Crippen molar-refractivity contribution in [1.82, 2.24) is 0 Å². The molecule has 0 bridgehead atoms. The van der Waals surface area contributed by atoms with Crippen LogP contribution in [-0.4, -0.2) is 107 Å². The van der Waals surface area contributed by atoms with Crippen LogP contribution in [0.5, 0.6) is 0 Å². The molecule has 224 valence electrons. The van der Waals surface area contributed by atoms with E-state index in [2.05, 4.69) is 0 Å². The van der Waals surface area contributed by atoms with E-state index in [1.54, 1.807) is 44.2 Å². The Morgan fingerprint density at radius 2 is 1.59 bits per heavy atom. The van der Waals surface area contributed by atoms with Gasteiger partial charge in [0.15, 0.2) is 18.4 Å². The second-order valence-electron chi connectivity index (χ2n) is 10.6. The van der Waals surface area contributed by atoms with E-state index in [-0.39, 0.29) is 13.2 Å². The molecule has 2 aromatic rings. The highest BCUT2D eigenvalue weighted by Gasteiger charge is 2.53. The van der Waals surface area contributed by atoms with Crippen LogP contribution in [0.2, 0.25) is 0 Å². The molecule has 3 heterocycles. The van der Waals surface area contributed by atoms with Gasteiger partial charge in [-0.3, -0.25) is 0 Å². The molecule has 0 saturated carbocycles. The summed E-state index contributed by atoms with van der Waals surface area (Å²) in [5, 5.41) is 41.0. The third-order valence-corrected chi connectivity index (χ3v) is 7.27. The highest BCUT2D eigenvalue weighted by Crippen LogP contribution is 2.38. The minimum Gasteiger partial charge on any atom is -0.459 e. The summed E-state index contributed by atoms with van der Waals surface area (Å²) in [7, 11) is 0. The second kappa shape index (κ2) is 12.8. The Labute approximate surface area is 237 Å². The first-order chi connectivity index (χ1) is 19.7. The van der Waals surface area contributed by atoms with Gasteiger partial charge in [0.2, 0.25) is 0 Å². The van der Waals surface area contributed by atoms with Crippen LogP contribution in [-0.2, 0) is 33.2 Å². The summed E-state index contributed by atoms with van der Waals surface area (Å²) in [5.41, 5.74) is 1.04. The predicted molar refractivity (Wildman–Crippen MR) is 139 cm³/mol. The lowest BCUT2D eigenvalue weighted by Crippen LogP contribution is -2.63. The van der Waals surface area contributed by atoms with Crippen molar-refractivity contribution in [1.29, 1.82) is 0 Å². The van der Waals surface area contributed by atoms with Crippen molar-refractivity contribution in [3.05, 3.63) is 71.8 Å². The monoisotopic (exact) mass is 576 g/mol. The van der Waals surface area contributed by atoms with Gasteiger partial charge in [-0.1, -0.05) is 48.5 Å². The van der Waals surface area contributed by atoms with Gasteiger partial charge in [0.1, 0.15) is 55.4 Å². The molecule has 5 rings (SSSR count). The molecule has 0 spiro atoms. The van der Waals surface area contributed by atoms with Gasteiger partial charge in [-0.05, 0) is 26.0 Å². The molecule has 3 fully saturated rings. The van der Waals surface area contributed by atoms with E-state index in [1.165, 1.54) is 0 Å². The number of esters is 1. The van der Waals surface area contributed by atoms with E-state index in [4.69, 9.17) is 33.2 Å².